The lowest BCUT2D eigenvalue weighted by Gasteiger charge is -2.37. The Kier molecular flexibility index (Phi) is 7.63. The van der Waals surface area contributed by atoms with Crippen LogP contribution in [-0.2, 0) is 11.3 Å². The van der Waals surface area contributed by atoms with Crippen molar-refractivity contribution in [3.63, 3.8) is 0 Å². The predicted octanol–water partition coefficient (Wildman–Crippen LogP) is 3.39. The van der Waals surface area contributed by atoms with Crippen LogP contribution in [0.15, 0.2) is 36.4 Å². The van der Waals surface area contributed by atoms with Gasteiger partial charge in [0.15, 0.2) is 0 Å². The molecule has 0 aromatic heterocycles. The molecule has 0 bridgehead atoms. The van der Waals surface area contributed by atoms with Crippen LogP contribution in [0.1, 0.15) is 31.2 Å². The molecule has 1 fully saturated rings. The number of hydrogen-bond donors (Lipinski definition) is 0. The molecule has 0 unspecified atom stereocenters. The molecule has 1 aromatic rings. The van der Waals surface area contributed by atoms with Crippen LogP contribution in [0.2, 0.25) is 0 Å². The molecule has 154 valence electrons. The van der Waals surface area contributed by atoms with Gasteiger partial charge in [0, 0.05) is 44.2 Å². The van der Waals surface area contributed by atoms with E-state index in [0.29, 0.717) is 18.4 Å². The number of nitrogens with zero attached hydrogens (tertiary/aromatic N) is 3. The molecular weight excluding hydrogens is 353 g/mol. The summed E-state index contributed by atoms with van der Waals surface area (Å²) < 4.78 is 14.0. The van der Waals surface area contributed by atoms with Gasteiger partial charge in [-0.25, -0.2) is 4.39 Å². The Balaban J connectivity index is 1.59. The highest BCUT2D eigenvalue weighted by Gasteiger charge is 2.29. The molecule has 1 aromatic carbocycles. The number of amides is 1. The van der Waals surface area contributed by atoms with Crippen molar-refractivity contribution >= 4 is 5.91 Å². The Hall–Kier alpha value is -1.72. The van der Waals surface area contributed by atoms with E-state index in [9.17, 15) is 9.18 Å². The van der Waals surface area contributed by atoms with Gasteiger partial charge in [-0.15, -0.1) is 0 Å². The minimum absolute atomic E-state index is 0.124. The fourth-order valence-corrected chi connectivity index (χ4v) is 4.31. The third-order valence-corrected chi connectivity index (χ3v) is 5.92. The topological polar surface area (TPSA) is 26.8 Å². The molecule has 5 heteroatoms. The molecule has 1 aliphatic carbocycles. The van der Waals surface area contributed by atoms with Crippen LogP contribution in [-0.4, -0.2) is 67.4 Å². The monoisotopic (exact) mass is 387 g/mol. The summed E-state index contributed by atoms with van der Waals surface area (Å²) in [6.45, 7) is 5.08. The Morgan fingerprint density at radius 2 is 1.93 bits per heavy atom. The van der Waals surface area contributed by atoms with Gasteiger partial charge in [0.05, 0.1) is 0 Å². The summed E-state index contributed by atoms with van der Waals surface area (Å²) >= 11 is 0. The number of benzene rings is 1. The number of rotatable bonds is 8. The van der Waals surface area contributed by atoms with Crippen LogP contribution in [0.3, 0.4) is 0 Å². The first-order valence-corrected chi connectivity index (χ1v) is 10.6. The minimum Gasteiger partial charge on any atom is -0.341 e. The maximum Gasteiger partial charge on any atom is 0.226 e. The van der Waals surface area contributed by atoms with E-state index in [1.807, 2.05) is 12.1 Å². The number of carbonyl (C=O) groups excluding carboxylic acids is 1. The summed E-state index contributed by atoms with van der Waals surface area (Å²) in [6.07, 6.45) is 8.26. The van der Waals surface area contributed by atoms with E-state index in [4.69, 9.17) is 0 Å². The summed E-state index contributed by atoms with van der Waals surface area (Å²) in [5, 5.41) is 0. The summed E-state index contributed by atoms with van der Waals surface area (Å²) in [5.41, 5.74) is 0.765. The number of likely N-dealkylation sites (tertiary alicyclic amines) is 1. The average Bonchev–Trinajstić information content (AvgIpc) is 3.21. The van der Waals surface area contributed by atoms with Gasteiger partial charge in [-0.3, -0.25) is 9.69 Å². The molecule has 0 radical (unpaired) electrons. The lowest BCUT2D eigenvalue weighted by atomic mass is 9.95. The van der Waals surface area contributed by atoms with Gasteiger partial charge < -0.3 is 9.80 Å². The summed E-state index contributed by atoms with van der Waals surface area (Å²) in [5.74, 6) is 0.764. The summed E-state index contributed by atoms with van der Waals surface area (Å²) in [7, 11) is 4.10. The SMILES string of the molecule is CN(C)CCN(C[C@@H]1CCCN(Cc2ccccc2F)C1)C(=O)C1CC=CC1. The van der Waals surface area contributed by atoms with Crippen LogP contribution < -0.4 is 0 Å². The maximum atomic E-state index is 14.0. The Labute approximate surface area is 169 Å². The van der Waals surface area contributed by atoms with Crippen molar-refractivity contribution < 1.29 is 9.18 Å². The molecule has 0 N–H and O–H groups in total. The zero-order valence-corrected chi connectivity index (χ0v) is 17.3. The highest BCUT2D eigenvalue weighted by atomic mass is 19.1. The van der Waals surface area contributed by atoms with Crippen molar-refractivity contribution in [2.75, 3.05) is 46.8 Å². The molecule has 1 amide bonds. The van der Waals surface area contributed by atoms with Crippen molar-refractivity contribution in [3.8, 4) is 0 Å². The maximum absolute atomic E-state index is 14.0. The second kappa shape index (κ2) is 10.2. The zero-order chi connectivity index (χ0) is 19.9. The van der Waals surface area contributed by atoms with Gasteiger partial charge in [-0.05, 0) is 58.3 Å². The standard InChI is InChI=1S/C23H34FN3O/c1-25(2)14-15-27(23(28)20-9-3-4-10-20)17-19-8-7-13-26(16-19)18-21-11-5-6-12-22(21)24/h3-6,11-12,19-20H,7-10,13-18H2,1-2H3/t19-/m1/s1. The van der Waals surface area contributed by atoms with Gasteiger partial charge in [0.25, 0.3) is 0 Å². The van der Waals surface area contributed by atoms with Gasteiger partial charge in [-0.1, -0.05) is 30.4 Å². The lowest BCUT2D eigenvalue weighted by molar-refractivity contribution is -0.136. The number of piperidine rings is 1. The Morgan fingerprint density at radius 1 is 1.18 bits per heavy atom. The second-order valence-corrected chi connectivity index (χ2v) is 8.56. The van der Waals surface area contributed by atoms with Crippen LogP contribution in [0.4, 0.5) is 4.39 Å². The van der Waals surface area contributed by atoms with E-state index >= 15 is 0 Å². The molecule has 1 heterocycles. The first kappa shape index (κ1) is 21.0. The molecule has 2 aliphatic rings. The number of halogens is 1. The second-order valence-electron chi connectivity index (χ2n) is 8.56. The number of likely N-dealkylation sites (N-methyl/N-ethyl adjacent to an activating group) is 1. The van der Waals surface area contributed by atoms with E-state index in [0.717, 1.165) is 64.0 Å². The minimum atomic E-state index is -0.124. The quantitative estimate of drug-likeness (QED) is 0.640. The molecule has 0 spiro atoms. The lowest BCUT2D eigenvalue weighted by Crippen LogP contribution is -2.46. The number of carbonyl (C=O) groups is 1. The van der Waals surface area contributed by atoms with Gasteiger partial charge >= 0.3 is 0 Å². The highest BCUT2D eigenvalue weighted by Crippen LogP contribution is 2.24. The first-order chi connectivity index (χ1) is 13.5. The fraction of sp³-hybridized carbons (Fsp3) is 0.609. The number of hydrogen-bond acceptors (Lipinski definition) is 3. The molecule has 3 rings (SSSR count). The predicted molar refractivity (Wildman–Crippen MR) is 111 cm³/mol. The molecule has 1 atom stereocenters. The fourth-order valence-electron chi connectivity index (χ4n) is 4.31. The van der Waals surface area contributed by atoms with E-state index < -0.39 is 0 Å². The van der Waals surface area contributed by atoms with E-state index in [1.165, 1.54) is 6.07 Å². The van der Waals surface area contributed by atoms with Crippen molar-refractivity contribution in [1.82, 2.24) is 14.7 Å². The Bertz CT molecular complexity index is 668. The number of allylic oxidation sites excluding steroid dienone is 2. The van der Waals surface area contributed by atoms with Gasteiger partial charge in [0.1, 0.15) is 5.82 Å². The van der Waals surface area contributed by atoms with Crippen molar-refractivity contribution in [1.29, 1.82) is 0 Å². The van der Waals surface area contributed by atoms with Crippen LogP contribution >= 0.6 is 0 Å². The van der Waals surface area contributed by atoms with Gasteiger partial charge in [0.2, 0.25) is 5.91 Å². The normalized spacial score (nSPS) is 20.8. The Morgan fingerprint density at radius 3 is 2.64 bits per heavy atom. The first-order valence-electron chi connectivity index (χ1n) is 10.6. The van der Waals surface area contributed by atoms with E-state index in [1.54, 1.807) is 6.07 Å². The molecular formula is C23H34FN3O. The van der Waals surface area contributed by atoms with Crippen LogP contribution in [0.5, 0.6) is 0 Å². The van der Waals surface area contributed by atoms with Crippen LogP contribution in [0.25, 0.3) is 0 Å². The zero-order valence-electron chi connectivity index (χ0n) is 17.3. The third kappa shape index (κ3) is 5.89. The largest absolute Gasteiger partial charge is 0.341 e. The average molecular weight is 388 g/mol. The summed E-state index contributed by atoms with van der Waals surface area (Å²) in [4.78, 5) is 19.6. The van der Waals surface area contributed by atoms with Gasteiger partial charge in [-0.2, -0.15) is 0 Å². The van der Waals surface area contributed by atoms with Crippen molar-refractivity contribution in [2.24, 2.45) is 11.8 Å². The van der Waals surface area contributed by atoms with E-state index in [-0.39, 0.29) is 11.7 Å². The van der Waals surface area contributed by atoms with E-state index in [2.05, 4.69) is 40.9 Å². The molecule has 1 aliphatic heterocycles. The molecule has 4 nitrogen and oxygen atoms in total. The molecule has 0 saturated carbocycles. The smallest absolute Gasteiger partial charge is 0.226 e. The molecule has 1 saturated heterocycles. The molecule has 28 heavy (non-hydrogen) atoms. The van der Waals surface area contributed by atoms with Crippen molar-refractivity contribution in [2.45, 2.75) is 32.2 Å². The summed E-state index contributed by atoms with van der Waals surface area (Å²) in [6, 6.07) is 7.05. The highest BCUT2D eigenvalue weighted by molar-refractivity contribution is 5.79. The third-order valence-electron chi connectivity index (χ3n) is 5.92. The van der Waals surface area contributed by atoms with Crippen LogP contribution in [0, 0.1) is 17.7 Å². The van der Waals surface area contributed by atoms with Crippen molar-refractivity contribution in [3.05, 3.63) is 47.8 Å².